The third-order valence-corrected chi connectivity index (χ3v) is 4.03. The summed E-state index contributed by atoms with van der Waals surface area (Å²) >= 11 is 0. The van der Waals surface area contributed by atoms with Crippen molar-refractivity contribution in [2.75, 3.05) is 0 Å². The van der Waals surface area contributed by atoms with Crippen molar-refractivity contribution in [1.29, 1.82) is 0 Å². The number of rotatable bonds is 1. The third kappa shape index (κ3) is 2.21. The van der Waals surface area contributed by atoms with Gasteiger partial charge in [-0.25, -0.2) is 13.2 Å². The zero-order valence-electron chi connectivity index (χ0n) is 11.2. The number of halogens is 3. The van der Waals surface area contributed by atoms with Crippen LogP contribution in [0.3, 0.4) is 0 Å². The van der Waals surface area contributed by atoms with E-state index in [2.05, 4.69) is 6.92 Å². The molecule has 1 unspecified atom stereocenters. The van der Waals surface area contributed by atoms with Gasteiger partial charge in [0.15, 0.2) is 11.6 Å². The molecule has 2 aromatic rings. The molecular weight excluding hydrogens is 261 g/mol. The number of hydrogen-bond acceptors (Lipinski definition) is 0. The lowest BCUT2D eigenvalue weighted by Gasteiger charge is -2.23. The van der Waals surface area contributed by atoms with Crippen LogP contribution in [-0.4, -0.2) is 0 Å². The summed E-state index contributed by atoms with van der Waals surface area (Å²) in [6.45, 7) is 2.16. The highest BCUT2D eigenvalue weighted by molar-refractivity contribution is 5.66. The molecular formula is C17H15F3. The van der Waals surface area contributed by atoms with Crippen LogP contribution in [0, 0.1) is 23.4 Å². The second kappa shape index (κ2) is 4.97. The summed E-state index contributed by atoms with van der Waals surface area (Å²) in [5.41, 5.74) is 2.48. The Labute approximate surface area is 116 Å². The van der Waals surface area contributed by atoms with Crippen molar-refractivity contribution in [3.63, 3.8) is 0 Å². The molecule has 0 heterocycles. The summed E-state index contributed by atoms with van der Waals surface area (Å²) in [6.07, 6.45) is 2.55. The lowest BCUT2D eigenvalue weighted by atomic mass is 9.83. The van der Waals surface area contributed by atoms with Gasteiger partial charge in [0.05, 0.1) is 0 Å². The van der Waals surface area contributed by atoms with Gasteiger partial charge in [0.1, 0.15) is 5.82 Å². The third-order valence-electron chi connectivity index (χ3n) is 4.03. The van der Waals surface area contributed by atoms with Crippen LogP contribution >= 0.6 is 0 Å². The molecule has 0 nitrogen and oxygen atoms in total. The van der Waals surface area contributed by atoms with Crippen molar-refractivity contribution in [2.24, 2.45) is 5.92 Å². The maximum Gasteiger partial charge on any atom is 0.159 e. The van der Waals surface area contributed by atoms with Crippen molar-refractivity contribution in [3.05, 3.63) is 58.9 Å². The fourth-order valence-electron chi connectivity index (χ4n) is 2.88. The van der Waals surface area contributed by atoms with E-state index >= 15 is 0 Å². The van der Waals surface area contributed by atoms with Gasteiger partial charge in [-0.2, -0.15) is 0 Å². The minimum atomic E-state index is -0.951. The molecule has 0 radical (unpaired) electrons. The number of hydrogen-bond donors (Lipinski definition) is 0. The normalized spacial score (nSPS) is 17.9. The van der Waals surface area contributed by atoms with E-state index in [4.69, 9.17) is 0 Å². The Morgan fingerprint density at radius 2 is 1.80 bits per heavy atom. The Hall–Kier alpha value is -1.77. The van der Waals surface area contributed by atoms with Crippen molar-refractivity contribution in [3.8, 4) is 11.1 Å². The van der Waals surface area contributed by atoms with Gasteiger partial charge < -0.3 is 0 Å². The van der Waals surface area contributed by atoms with Gasteiger partial charge in [0.2, 0.25) is 0 Å². The molecule has 0 spiro atoms. The molecule has 2 aromatic carbocycles. The fraction of sp³-hybridized carbons (Fsp3) is 0.294. The molecule has 0 bridgehead atoms. The first-order valence-corrected chi connectivity index (χ1v) is 6.82. The molecule has 3 rings (SSSR count). The molecule has 0 fully saturated rings. The second-order valence-corrected chi connectivity index (χ2v) is 5.54. The minimum Gasteiger partial charge on any atom is -0.206 e. The van der Waals surface area contributed by atoms with Gasteiger partial charge in [-0.05, 0) is 54.0 Å². The molecule has 0 saturated heterocycles. The Bertz CT molecular complexity index is 662. The van der Waals surface area contributed by atoms with Crippen LogP contribution in [0.5, 0.6) is 0 Å². The van der Waals surface area contributed by atoms with E-state index < -0.39 is 11.6 Å². The molecule has 1 aliphatic rings. The summed E-state index contributed by atoms with van der Waals surface area (Å²) < 4.78 is 40.8. The summed E-state index contributed by atoms with van der Waals surface area (Å²) in [5, 5.41) is 0. The smallest absolute Gasteiger partial charge is 0.159 e. The summed E-state index contributed by atoms with van der Waals surface area (Å²) in [5.74, 6) is -1.59. The van der Waals surface area contributed by atoms with Crippen molar-refractivity contribution >= 4 is 0 Å². The standard InChI is InChI=1S/C17H15F3/c1-10-2-5-13-11(8-10)3-6-14(17(13)20)12-4-7-15(18)16(19)9-12/h3-4,6-7,9-10H,2,5,8H2,1H3. The second-order valence-electron chi connectivity index (χ2n) is 5.54. The molecule has 0 saturated carbocycles. The maximum absolute atomic E-state index is 14.6. The van der Waals surface area contributed by atoms with Crippen LogP contribution in [0.25, 0.3) is 11.1 Å². The fourth-order valence-corrected chi connectivity index (χ4v) is 2.88. The average Bonchev–Trinajstić information content (AvgIpc) is 2.42. The topological polar surface area (TPSA) is 0 Å². The van der Waals surface area contributed by atoms with E-state index in [-0.39, 0.29) is 5.82 Å². The molecule has 1 atom stereocenters. The van der Waals surface area contributed by atoms with Crippen molar-refractivity contribution < 1.29 is 13.2 Å². The number of fused-ring (bicyclic) bond motifs is 1. The van der Waals surface area contributed by atoms with Crippen LogP contribution in [0.4, 0.5) is 13.2 Å². The highest BCUT2D eigenvalue weighted by Gasteiger charge is 2.21. The first-order valence-electron chi connectivity index (χ1n) is 6.82. The van der Waals surface area contributed by atoms with Crippen LogP contribution in [0.1, 0.15) is 24.5 Å². The lowest BCUT2D eigenvalue weighted by Crippen LogP contribution is -2.13. The molecule has 0 amide bonds. The lowest BCUT2D eigenvalue weighted by molar-refractivity contribution is 0.483. The summed E-state index contributed by atoms with van der Waals surface area (Å²) in [6, 6.07) is 7.06. The molecule has 20 heavy (non-hydrogen) atoms. The van der Waals surface area contributed by atoms with Crippen molar-refractivity contribution in [2.45, 2.75) is 26.2 Å². The Morgan fingerprint density at radius 3 is 2.55 bits per heavy atom. The quantitative estimate of drug-likeness (QED) is 0.695. The Kier molecular flexibility index (Phi) is 3.28. The van der Waals surface area contributed by atoms with Gasteiger partial charge in [0.25, 0.3) is 0 Å². The number of benzene rings is 2. The molecule has 1 aliphatic carbocycles. The monoisotopic (exact) mass is 276 g/mol. The van der Waals surface area contributed by atoms with Gasteiger partial charge in [-0.3, -0.25) is 0 Å². The molecule has 0 aliphatic heterocycles. The van der Waals surface area contributed by atoms with E-state index in [0.29, 0.717) is 23.5 Å². The summed E-state index contributed by atoms with van der Waals surface area (Å²) in [7, 11) is 0. The van der Waals surface area contributed by atoms with E-state index in [1.165, 1.54) is 6.07 Å². The van der Waals surface area contributed by atoms with Crippen LogP contribution in [0.15, 0.2) is 30.3 Å². The van der Waals surface area contributed by atoms with E-state index in [9.17, 15) is 13.2 Å². The van der Waals surface area contributed by atoms with Crippen LogP contribution < -0.4 is 0 Å². The van der Waals surface area contributed by atoms with Gasteiger partial charge >= 0.3 is 0 Å². The van der Waals surface area contributed by atoms with E-state index in [0.717, 1.165) is 36.1 Å². The zero-order valence-corrected chi connectivity index (χ0v) is 11.2. The molecule has 0 N–H and O–H groups in total. The highest BCUT2D eigenvalue weighted by Crippen LogP contribution is 2.33. The molecule has 104 valence electrons. The predicted octanol–water partition coefficient (Wildman–Crippen LogP) is 4.90. The average molecular weight is 276 g/mol. The van der Waals surface area contributed by atoms with Crippen LogP contribution in [-0.2, 0) is 12.8 Å². The Morgan fingerprint density at radius 1 is 1.00 bits per heavy atom. The van der Waals surface area contributed by atoms with Gasteiger partial charge in [-0.15, -0.1) is 0 Å². The molecule has 3 heteroatoms. The largest absolute Gasteiger partial charge is 0.206 e. The first-order chi connectivity index (χ1) is 9.56. The Balaban J connectivity index is 2.09. The SMILES string of the molecule is CC1CCc2c(ccc(-c3ccc(F)c(F)c3)c2F)C1. The minimum absolute atomic E-state index is 0.291. The predicted molar refractivity (Wildman–Crippen MR) is 72.9 cm³/mol. The van der Waals surface area contributed by atoms with E-state index in [1.54, 1.807) is 6.07 Å². The molecule has 0 aromatic heterocycles. The van der Waals surface area contributed by atoms with Gasteiger partial charge in [0, 0.05) is 5.56 Å². The zero-order chi connectivity index (χ0) is 14.3. The highest BCUT2D eigenvalue weighted by atomic mass is 19.2. The van der Waals surface area contributed by atoms with E-state index in [1.807, 2.05) is 6.07 Å². The maximum atomic E-state index is 14.6. The summed E-state index contributed by atoms with van der Waals surface area (Å²) in [4.78, 5) is 0. The first kappa shape index (κ1) is 13.2. The van der Waals surface area contributed by atoms with Crippen molar-refractivity contribution in [1.82, 2.24) is 0 Å². The van der Waals surface area contributed by atoms with Crippen LogP contribution in [0.2, 0.25) is 0 Å². The van der Waals surface area contributed by atoms with Gasteiger partial charge in [-0.1, -0.05) is 25.1 Å².